The summed E-state index contributed by atoms with van der Waals surface area (Å²) in [5, 5.41) is 9.59. The molecule has 0 bridgehead atoms. The van der Waals surface area contributed by atoms with Crippen molar-refractivity contribution in [2.24, 2.45) is 0 Å². The maximum atomic E-state index is 9.59. The predicted molar refractivity (Wildman–Crippen MR) is 88.6 cm³/mol. The highest BCUT2D eigenvalue weighted by molar-refractivity contribution is 5.44. The smallest absolute Gasteiger partial charge is 0.0687 e. The number of hydrogen-bond donors (Lipinski definition) is 1. The molecule has 1 heterocycles. The first-order chi connectivity index (χ1) is 9.93. The van der Waals surface area contributed by atoms with E-state index in [0.717, 1.165) is 18.7 Å². The minimum absolute atomic E-state index is 0.139. The Balaban J connectivity index is 2.11. The lowest BCUT2D eigenvalue weighted by Crippen LogP contribution is -2.36. The number of aliphatic hydroxyl groups excluding tert-OH is 1. The lowest BCUT2D eigenvalue weighted by Gasteiger charge is -2.27. The molecule has 1 fully saturated rings. The first-order valence-electron chi connectivity index (χ1n) is 8.02. The Hall–Kier alpha value is -0.900. The number of benzene rings is 1. The number of aliphatic hydroxyl groups is 1. The van der Waals surface area contributed by atoms with Crippen molar-refractivity contribution in [1.29, 1.82) is 0 Å². The molecule has 0 radical (unpaired) electrons. The summed E-state index contributed by atoms with van der Waals surface area (Å²) in [5.41, 5.74) is 6.29. The Morgan fingerprint density at radius 2 is 1.90 bits per heavy atom. The van der Waals surface area contributed by atoms with E-state index in [0.29, 0.717) is 6.04 Å². The Labute approximate surface area is 129 Å². The van der Waals surface area contributed by atoms with E-state index >= 15 is 0 Å². The molecule has 1 aliphatic rings. The molecule has 1 aromatic rings. The largest absolute Gasteiger partial charge is 0.392 e. The quantitative estimate of drug-likeness (QED) is 0.903. The third-order valence-electron chi connectivity index (χ3n) is 5.07. The van der Waals surface area contributed by atoms with Crippen molar-refractivity contribution in [2.45, 2.75) is 52.8 Å². The van der Waals surface area contributed by atoms with Crippen LogP contribution in [0.5, 0.6) is 0 Å². The van der Waals surface area contributed by atoms with Gasteiger partial charge in [-0.2, -0.15) is 0 Å². The van der Waals surface area contributed by atoms with Crippen LogP contribution in [0.1, 0.15) is 40.7 Å². The Bertz CT molecular complexity index is 498. The van der Waals surface area contributed by atoms with Crippen molar-refractivity contribution in [2.75, 3.05) is 27.2 Å². The van der Waals surface area contributed by atoms with Crippen molar-refractivity contribution in [3.8, 4) is 0 Å². The normalized spacial score (nSPS) is 19.7. The van der Waals surface area contributed by atoms with Crippen LogP contribution in [-0.2, 0) is 13.2 Å². The first-order valence-corrected chi connectivity index (χ1v) is 8.02. The summed E-state index contributed by atoms with van der Waals surface area (Å²) in [5.74, 6) is 0. The van der Waals surface area contributed by atoms with Gasteiger partial charge >= 0.3 is 0 Å². The van der Waals surface area contributed by atoms with Gasteiger partial charge in [-0.05, 0) is 82.1 Å². The van der Waals surface area contributed by atoms with Gasteiger partial charge in [0.1, 0.15) is 0 Å². The summed E-state index contributed by atoms with van der Waals surface area (Å²) in [6.45, 7) is 9.89. The molecule has 0 aliphatic carbocycles. The van der Waals surface area contributed by atoms with Crippen LogP contribution in [0.2, 0.25) is 0 Å². The highest BCUT2D eigenvalue weighted by atomic mass is 16.3. The molecule has 3 heteroatoms. The summed E-state index contributed by atoms with van der Waals surface area (Å²) in [6.07, 6.45) is 2.64. The van der Waals surface area contributed by atoms with Gasteiger partial charge < -0.3 is 14.9 Å². The summed E-state index contributed by atoms with van der Waals surface area (Å²) < 4.78 is 0. The van der Waals surface area contributed by atoms with Gasteiger partial charge in [0.25, 0.3) is 0 Å². The molecule has 2 rings (SSSR count). The molecule has 1 aliphatic heterocycles. The second-order valence-corrected chi connectivity index (χ2v) is 6.72. The van der Waals surface area contributed by atoms with E-state index < -0.39 is 0 Å². The molecule has 0 spiro atoms. The number of rotatable bonds is 5. The van der Waals surface area contributed by atoms with E-state index in [2.05, 4.69) is 50.7 Å². The van der Waals surface area contributed by atoms with Gasteiger partial charge in [0.2, 0.25) is 0 Å². The molecular weight excluding hydrogens is 260 g/mol. The van der Waals surface area contributed by atoms with Crippen molar-refractivity contribution in [3.05, 3.63) is 33.9 Å². The van der Waals surface area contributed by atoms with Crippen LogP contribution in [-0.4, -0.2) is 48.1 Å². The van der Waals surface area contributed by atoms with E-state index in [1.54, 1.807) is 0 Å². The molecular formula is C18H30N2O. The number of likely N-dealkylation sites (tertiary alicyclic amines) is 1. The number of aryl methyl sites for hydroxylation is 2. The fourth-order valence-corrected chi connectivity index (χ4v) is 3.66. The summed E-state index contributed by atoms with van der Waals surface area (Å²) in [4.78, 5) is 4.91. The summed E-state index contributed by atoms with van der Waals surface area (Å²) >= 11 is 0. The molecule has 0 aromatic heterocycles. The number of nitrogens with zero attached hydrogens (tertiary/aromatic N) is 2. The molecule has 1 aromatic carbocycles. The Kier molecular flexibility index (Phi) is 5.42. The third-order valence-corrected chi connectivity index (χ3v) is 5.07. The van der Waals surface area contributed by atoms with Gasteiger partial charge in [-0.25, -0.2) is 0 Å². The van der Waals surface area contributed by atoms with Gasteiger partial charge in [-0.3, -0.25) is 0 Å². The number of hydrogen-bond acceptors (Lipinski definition) is 3. The average molecular weight is 290 g/mol. The van der Waals surface area contributed by atoms with E-state index in [1.807, 2.05) is 0 Å². The van der Waals surface area contributed by atoms with Crippen molar-refractivity contribution < 1.29 is 5.11 Å². The first kappa shape index (κ1) is 16.5. The lowest BCUT2D eigenvalue weighted by molar-refractivity contribution is 0.215. The molecule has 0 saturated carbocycles. The zero-order valence-electron chi connectivity index (χ0n) is 14.2. The zero-order valence-corrected chi connectivity index (χ0v) is 14.2. The molecule has 1 N–H and O–H groups in total. The fourth-order valence-electron chi connectivity index (χ4n) is 3.66. The lowest BCUT2D eigenvalue weighted by atomic mass is 9.93. The highest BCUT2D eigenvalue weighted by Crippen LogP contribution is 2.24. The second kappa shape index (κ2) is 6.91. The summed E-state index contributed by atoms with van der Waals surface area (Å²) in [7, 11) is 4.45. The Morgan fingerprint density at radius 3 is 2.48 bits per heavy atom. The standard InChI is InChI=1S/C18H30N2O/c1-13-9-14(2)18(12-21)15(3)17(13)11-19(4)10-16-7-6-8-20(16)5/h9,16,21H,6-8,10-12H2,1-5H3. The number of likely N-dealkylation sites (N-methyl/N-ethyl adjacent to an activating group) is 2. The third kappa shape index (κ3) is 3.65. The van der Waals surface area contributed by atoms with Gasteiger partial charge in [0.05, 0.1) is 6.61 Å². The molecule has 1 unspecified atom stereocenters. The van der Waals surface area contributed by atoms with Crippen LogP contribution in [0.3, 0.4) is 0 Å². The molecule has 3 nitrogen and oxygen atoms in total. The minimum Gasteiger partial charge on any atom is -0.392 e. The summed E-state index contributed by atoms with van der Waals surface area (Å²) in [6, 6.07) is 2.90. The van der Waals surface area contributed by atoms with E-state index in [9.17, 15) is 5.11 Å². The SMILES string of the molecule is Cc1cc(C)c(CN(C)CC2CCCN2C)c(C)c1CO. The maximum absolute atomic E-state index is 9.59. The highest BCUT2D eigenvalue weighted by Gasteiger charge is 2.22. The molecule has 0 amide bonds. The maximum Gasteiger partial charge on any atom is 0.0687 e. The molecule has 1 saturated heterocycles. The van der Waals surface area contributed by atoms with Gasteiger partial charge in [-0.15, -0.1) is 0 Å². The monoisotopic (exact) mass is 290 g/mol. The van der Waals surface area contributed by atoms with E-state index in [4.69, 9.17) is 0 Å². The van der Waals surface area contributed by atoms with Crippen molar-refractivity contribution >= 4 is 0 Å². The zero-order chi connectivity index (χ0) is 15.6. The van der Waals surface area contributed by atoms with Crippen LogP contribution < -0.4 is 0 Å². The van der Waals surface area contributed by atoms with E-state index in [1.165, 1.54) is 41.6 Å². The predicted octanol–water partition coefficient (Wildman–Crippen LogP) is 2.63. The van der Waals surface area contributed by atoms with E-state index in [-0.39, 0.29) is 6.61 Å². The van der Waals surface area contributed by atoms with Crippen molar-refractivity contribution in [3.63, 3.8) is 0 Å². The van der Waals surface area contributed by atoms with Crippen LogP contribution >= 0.6 is 0 Å². The van der Waals surface area contributed by atoms with Crippen molar-refractivity contribution in [1.82, 2.24) is 9.80 Å². The van der Waals surface area contributed by atoms with Crippen LogP contribution in [0.25, 0.3) is 0 Å². The average Bonchev–Trinajstić information content (AvgIpc) is 2.80. The minimum atomic E-state index is 0.139. The Morgan fingerprint density at radius 1 is 1.24 bits per heavy atom. The fraction of sp³-hybridized carbons (Fsp3) is 0.667. The van der Waals surface area contributed by atoms with Gasteiger partial charge in [-0.1, -0.05) is 6.07 Å². The van der Waals surface area contributed by atoms with Crippen LogP contribution in [0, 0.1) is 20.8 Å². The van der Waals surface area contributed by atoms with Crippen LogP contribution in [0.15, 0.2) is 6.07 Å². The van der Waals surface area contributed by atoms with Gasteiger partial charge in [0, 0.05) is 19.1 Å². The topological polar surface area (TPSA) is 26.7 Å². The molecule has 1 atom stereocenters. The van der Waals surface area contributed by atoms with Gasteiger partial charge in [0.15, 0.2) is 0 Å². The molecule has 118 valence electrons. The second-order valence-electron chi connectivity index (χ2n) is 6.72. The molecule has 21 heavy (non-hydrogen) atoms. The van der Waals surface area contributed by atoms with Crippen LogP contribution in [0.4, 0.5) is 0 Å².